The zero-order valence-corrected chi connectivity index (χ0v) is 17.0. The molecule has 0 aromatic heterocycles. The average molecular weight is 384 g/mol. The Balaban J connectivity index is 1.70. The SMILES string of the molecule is Cc1ccccc1Sc1ccc2c(c1)OCC=C2CNC(=O)OC(C)(C)C. The highest BCUT2D eigenvalue weighted by Crippen LogP contribution is 2.37. The first-order chi connectivity index (χ1) is 12.8. The molecule has 1 N–H and O–H groups in total. The summed E-state index contributed by atoms with van der Waals surface area (Å²) in [7, 11) is 0. The van der Waals surface area contributed by atoms with Crippen molar-refractivity contribution >= 4 is 23.4 Å². The van der Waals surface area contributed by atoms with Gasteiger partial charge >= 0.3 is 6.09 Å². The summed E-state index contributed by atoms with van der Waals surface area (Å²) in [6.45, 7) is 8.57. The van der Waals surface area contributed by atoms with Crippen LogP contribution in [0.2, 0.25) is 0 Å². The van der Waals surface area contributed by atoms with Crippen molar-refractivity contribution in [2.45, 2.75) is 43.1 Å². The molecule has 0 fully saturated rings. The normalized spacial score (nSPS) is 13.3. The number of ether oxygens (including phenoxy) is 2. The minimum Gasteiger partial charge on any atom is -0.489 e. The lowest BCUT2D eigenvalue weighted by Crippen LogP contribution is -2.33. The molecule has 0 aliphatic carbocycles. The summed E-state index contributed by atoms with van der Waals surface area (Å²) in [5.41, 5.74) is 2.79. The Hall–Kier alpha value is -2.40. The Morgan fingerprint density at radius 2 is 2.00 bits per heavy atom. The van der Waals surface area contributed by atoms with E-state index in [-0.39, 0.29) is 0 Å². The zero-order valence-electron chi connectivity index (χ0n) is 16.2. The molecule has 0 bridgehead atoms. The third-order valence-corrected chi connectivity index (χ3v) is 5.18. The first kappa shape index (κ1) is 19.4. The lowest BCUT2D eigenvalue weighted by molar-refractivity contribution is 0.0535. The molecular formula is C22H25NO3S. The van der Waals surface area contributed by atoms with Crippen LogP contribution in [0.1, 0.15) is 31.9 Å². The van der Waals surface area contributed by atoms with Crippen LogP contribution in [-0.2, 0) is 4.74 Å². The van der Waals surface area contributed by atoms with Gasteiger partial charge in [-0.15, -0.1) is 0 Å². The van der Waals surface area contributed by atoms with E-state index in [2.05, 4.69) is 42.6 Å². The fourth-order valence-electron chi connectivity index (χ4n) is 2.74. The highest BCUT2D eigenvalue weighted by atomic mass is 32.2. The summed E-state index contributed by atoms with van der Waals surface area (Å²) in [6, 6.07) is 14.5. The first-order valence-corrected chi connectivity index (χ1v) is 9.80. The maximum absolute atomic E-state index is 11.9. The van der Waals surface area contributed by atoms with Gasteiger partial charge in [0.05, 0.1) is 0 Å². The van der Waals surface area contributed by atoms with E-state index < -0.39 is 11.7 Å². The highest BCUT2D eigenvalue weighted by molar-refractivity contribution is 7.99. The van der Waals surface area contributed by atoms with Gasteiger partial charge in [0.25, 0.3) is 0 Å². The molecule has 1 aliphatic rings. The summed E-state index contributed by atoms with van der Waals surface area (Å²) >= 11 is 1.72. The number of fused-ring (bicyclic) bond motifs is 1. The van der Waals surface area contributed by atoms with Crippen LogP contribution in [0.25, 0.3) is 5.57 Å². The fourth-order valence-corrected chi connectivity index (χ4v) is 3.67. The highest BCUT2D eigenvalue weighted by Gasteiger charge is 2.19. The maximum atomic E-state index is 11.9. The molecule has 0 radical (unpaired) electrons. The Labute approximate surface area is 165 Å². The second kappa shape index (κ2) is 8.09. The first-order valence-electron chi connectivity index (χ1n) is 8.98. The van der Waals surface area contributed by atoms with E-state index in [9.17, 15) is 4.79 Å². The van der Waals surface area contributed by atoms with Crippen molar-refractivity contribution in [3.8, 4) is 5.75 Å². The summed E-state index contributed by atoms with van der Waals surface area (Å²) in [5.74, 6) is 0.845. The largest absolute Gasteiger partial charge is 0.489 e. The molecule has 0 spiro atoms. The fraction of sp³-hybridized carbons (Fsp3) is 0.318. The van der Waals surface area contributed by atoms with Crippen molar-refractivity contribution in [2.24, 2.45) is 0 Å². The van der Waals surface area contributed by atoms with E-state index in [0.29, 0.717) is 13.2 Å². The van der Waals surface area contributed by atoms with Crippen LogP contribution < -0.4 is 10.1 Å². The van der Waals surface area contributed by atoms with Crippen molar-refractivity contribution in [3.63, 3.8) is 0 Å². The molecule has 142 valence electrons. The van der Waals surface area contributed by atoms with Crippen molar-refractivity contribution in [1.29, 1.82) is 0 Å². The van der Waals surface area contributed by atoms with Crippen LogP contribution in [0.5, 0.6) is 5.75 Å². The third-order valence-electron chi connectivity index (χ3n) is 4.01. The van der Waals surface area contributed by atoms with Gasteiger partial charge in [-0.05, 0) is 69.2 Å². The average Bonchev–Trinajstić information content (AvgIpc) is 2.60. The topological polar surface area (TPSA) is 47.6 Å². The number of nitrogens with one attached hydrogen (secondary N) is 1. The number of aryl methyl sites for hydroxylation is 1. The molecule has 1 aliphatic heterocycles. The van der Waals surface area contributed by atoms with Crippen molar-refractivity contribution in [1.82, 2.24) is 5.32 Å². The van der Waals surface area contributed by atoms with Crippen LogP contribution in [0.4, 0.5) is 4.79 Å². The van der Waals surface area contributed by atoms with Crippen LogP contribution in [0.15, 0.2) is 58.3 Å². The van der Waals surface area contributed by atoms with E-state index in [1.54, 1.807) is 11.8 Å². The zero-order chi connectivity index (χ0) is 19.4. The summed E-state index contributed by atoms with van der Waals surface area (Å²) in [6.07, 6.45) is 1.58. The molecule has 0 saturated heterocycles. The Kier molecular flexibility index (Phi) is 5.80. The maximum Gasteiger partial charge on any atom is 0.407 e. The van der Waals surface area contributed by atoms with Gasteiger partial charge in [-0.2, -0.15) is 0 Å². The number of carbonyl (C=O) groups excluding carboxylic acids is 1. The number of benzene rings is 2. The second-order valence-corrected chi connectivity index (χ2v) is 8.54. The lowest BCUT2D eigenvalue weighted by atomic mass is 10.0. The van der Waals surface area contributed by atoms with Gasteiger partial charge in [-0.25, -0.2) is 4.79 Å². The predicted octanol–water partition coefficient (Wildman–Crippen LogP) is 5.45. The van der Waals surface area contributed by atoms with Crippen molar-refractivity contribution < 1.29 is 14.3 Å². The Morgan fingerprint density at radius 1 is 1.22 bits per heavy atom. The molecule has 2 aromatic carbocycles. The predicted molar refractivity (Wildman–Crippen MR) is 109 cm³/mol. The van der Waals surface area contributed by atoms with E-state index in [1.165, 1.54) is 10.5 Å². The molecular weight excluding hydrogens is 358 g/mol. The van der Waals surface area contributed by atoms with Gasteiger partial charge in [0.1, 0.15) is 18.0 Å². The monoisotopic (exact) mass is 383 g/mol. The molecule has 4 nitrogen and oxygen atoms in total. The van der Waals surface area contributed by atoms with E-state index in [1.807, 2.05) is 39.0 Å². The minimum atomic E-state index is -0.506. The minimum absolute atomic E-state index is 0.412. The van der Waals surface area contributed by atoms with Gasteiger partial charge in [-0.1, -0.05) is 30.0 Å². The molecule has 1 heterocycles. The Morgan fingerprint density at radius 3 is 2.74 bits per heavy atom. The third kappa shape index (κ3) is 5.30. The van der Waals surface area contributed by atoms with Gasteiger partial charge in [0.2, 0.25) is 0 Å². The van der Waals surface area contributed by atoms with Crippen molar-refractivity contribution in [3.05, 3.63) is 59.7 Å². The van der Waals surface area contributed by atoms with Crippen LogP contribution in [-0.4, -0.2) is 24.8 Å². The second-order valence-electron chi connectivity index (χ2n) is 7.42. The molecule has 1 amide bonds. The molecule has 0 saturated carbocycles. The number of carbonyl (C=O) groups is 1. The summed E-state index contributed by atoms with van der Waals surface area (Å²) in [5, 5.41) is 2.82. The van der Waals surface area contributed by atoms with Crippen LogP contribution >= 0.6 is 11.8 Å². The van der Waals surface area contributed by atoms with Gasteiger partial charge < -0.3 is 14.8 Å². The lowest BCUT2D eigenvalue weighted by Gasteiger charge is -2.22. The standard InChI is InChI=1S/C22H25NO3S/c1-15-7-5-6-8-20(15)27-17-9-10-18-16(11-12-25-19(18)13-17)14-23-21(24)26-22(2,3)4/h5-11,13H,12,14H2,1-4H3,(H,23,24). The molecule has 27 heavy (non-hydrogen) atoms. The smallest absolute Gasteiger partial charge is 0.407 e. The summed E-state index contributed by atoms with van der Waals surface area (Å²) < 4.78 is 11.1. The van der Waals surface area contributed by atoms with Gasteiger partial charge in [0.15, 0.2) is 0 Å². The number of amides is 1. The molecule has 5 heteroatoms. The Bertz CT molecular complexity index is 868. The number of alkyl carbamates (subject to hydrolysis) is 1. The molecule has 3 rings (SSSR count). The van der Waals surface area contributed by atoms with Crippen molar-refractivity contribution in [2.75, 3.05) is 13.2 Å². The van der Waals surface area contributed by atoms with E-state index >= 15 is 0 Å². The quantitative estimate of drug-likeness (QED) is 0.763. The van der Waals surface area contributed by atoms with E-state index in [0.717, 1.165) is 21.8 Å². The number of hydrogen-bond acceptors (Lipinski definition) is 4. The van der Waals surface area contributed by atoms with E-state index in [4.69, 9.17) is 9.47 Å². The number of hydrogen-bond donors (Lipinski definition) is 1. The van der Waals surface area contributed by atoms with Gasteiger partial charge in [0, 0.05) is 21.9 Å². The summed E-state index contributed by atoms with van der Waals surface area (Å²) in [4.78, 5) is 14.3. The molecule has 0 atom stereocenters. The van der Waals surface area contributed by atoms with Crippen LogP contribution in [0.3, 0.4) is 0 Å². The molecule has 0 unspecified atom stereocenters. The number of rotatable bonds is 4. The molecule has 2 aromatic rings. The van der Waals surface area contributed by atoms with Gasteiger partial charge in [-0.3, -0.25) is 0 Å². The van der Waals surface area contributed by atoms with Crippen LogP contribution in [0, 0.1) is 6.92 Å².